The number of fused-ring (bicyclic) bond motifs is 1. The van der Waals surface area contributed by atoms with Gasteiger partial charge in [-0.15, -0.1) is 5.10 Å². The molecule has 3 rings (SSSR count). The van der Waals surface area contributed by atoms with Crippen molar-refractivity contribution in [2.24, 2.45) is 0 Å². The Morgan fingerprint density at radius 2 is 2.30 bits per heavy atom. The summed E-state index contributed by atoms with van der Waals surface area (Å²) in [4.78, 5) is 17.1. The molecule has 0 spiro atoms. The number of benzene rings is 1. The number of aromatic nitrogens is 3. The number of amides is 1. The normalized spacial score (nSPS) is 17.1. The first-order valence-corrected chi connectivity index (χ1v) is 7.24. The largest absolute Gasteiger partial charge is 0.324 e. The Kier molecular flexibility index (Phi) is 3.45. The number of aromatic amines is 1. The quantitative estimate of drug-likeness (QED) is 0.800. The van der Waals surface area contributed by atoms with Crippen LogP contribution in [0.5, 0.6) is 0 Å². The van der Waals surface area contributed by atoms with E-state index in [9.17, 15) is 4.79 Å². The number of nitrogens with one attached hydrogen (secondary N) is 3. The van der Waals surface area contributed by atoms with Gasteiger partial charge in [0.15, 0.2) is 0 Å². The Morgan fingerprint density at radius 1 is 1.45 bits per heavy atom. The van der Waals surface area contributed by atoms with Crippen molar-refractivity contribution < 1.29 is 4.79 Å². The second-order valence-electron chi connectivity index (χ2n) is 4.53. The topological polar surface area (TPSA) is 82.7 Å². The average Bonchev–Trinajstić information content (AvgIpc) is 2.94. The van der Waals surface area contributed by atoms with Gasteiger partial charge in [-0.3, -0.25) is 9.89 Å². The summed E-state index contributed by atoms with van der Waals surface area (Å²) in [6, 6.07) is 5.67. The predicted octanol–water partition coefficient (Wildman–Crippen LogP) is 1.87. The lowest BCUT2D eigenvalue weighted by Gasteiger charge is -2.09. The monoisotopic (exact) mass is 289 g/mol. The third kappa shape index (κ3) is 2.41. The minimum atomic E-state index is -0.250. The summed E-state index contributed by atoms with van der Waals surface area (Å²) in [5.74, 6) is 0.784. The molecule has 0 bridgehead atoms. The van der Waals surface area contributed by atoms with E-state index in [0.29, 0.717) is 5.16 Å². The molecule has 1 aliphatic heterocycles. The molecular formula is C13H15N5OS. The maximum Gasteiger partial charge on any atom is 0.246 e. The summed E-state index contributed by atoms with van der Waals surface area (Å²) in [5, 5.41) is 13.7. The molecule has 0 radical (unpaired) electrons. The van der Waals surface area contributed by atoms with Crippen LogP contribution >= 0.6 is 11.8 Å². The summed E-state index contributed by atoms with van der Waals surface area (Å²) in [7, 11) is 0. The van der Waals surface area contributed by atoms with Crippen LogP contribution in [0.4, 0.5) is 5.69 Å². The summed E-state index contributed by atoms with van der Waals surface area (Å²) < 4.78 is 0. The number of hydrogen-bond acceptors (Lipinski definition) is 5. The number of anilines is 1. The van der Waals surface area contributed by atoms with Crippen molar-refractivity contribution in [3.8, 4) is 0 Å². The van der Waals surface area contributed by atoms with E-state index in [4.69, 9.17) is 0 Å². The van der Waals surface area contributed by atoms with E-state index in [1.165, 1.54) is 11.8 Å². The highest BCUT2D eigenvalue weighted by molar-refractivity contribution is 7.99. The zero-order chi connectivity index (χ0) is 14.1. The van der Waals surface area contributed by atoms with Crippen molar-refractivity contribution in [1.82, 2.24) is 20.5 Å². The lowest BCUT2D eigenvalue weighted by Crippen LogP contribution is -2.27. The number of likely N-dealkylation sites (N-methyl/N-ethyl adjacent to an activating group) is 1. The molecule has 0 saturated carbocycles. The van der Waals surface area contributed by atoms with E-state index in [1.807, 2.05) is 32.0 Å². The van der Waals surface area contributed by atoms with Gasteiger partial charge in [0, 0.05) is 16.1 Å². The molecule has 7 heteroatoms. The van der Waals surface area contributed by atoms with Crippen LogP contribution in [-0.4, -0.2) is 27.6 Å². The number of rotatable bonds is 4. The number of nitrogens with zero attached hydrogens (tertiary/aromatic N) is 2. The van der Waals surface area contributed by atoms with Crippen LogP contribution in [0, 0.1) is 6.92 Å². The van der Waals surface area contributed by atoms with Gasteiger partial charge >= 0.3 is 0 Å². The SMILES string of the molecule is CCNC1C(=O)Nc2cc(Sc3n[nH]c(C)n3)ccc21. The van der Waals surface area contributed by atoms with E-state index >= 15 is 0 Å². The lowest BCUT2D eigenvalue weighted by atomic mass is 10.1. The highest BCUT2D eigenvalue weighted by Gasteiger charge is 2.29. The van der Waals surface area contributed by atoms with Gasteiger partial charge in [0.05, 0.1) is 0 Å². The summed E-state index contributed by atoms with van der Waals surface area (Å²) in [5.41, 5.74) is 1.85. The van der Waals surface area contributed by atoms with E-state index in [2.05, 4.69) is 25.8 Å². The standard InChI is InChI=1S/C13H15N5OS/c1-3-14-11-9-5-4-8(6-10(9)16-12(11)19)20-13-15-7(2)17-18-13/h4-6,11,14H,3H2,1-2H3,(H,16,19)(H,15,17,18). The molecule has 1 unspecified atom stereocenters. The Labute approximate surface area is 120 Å². The summed E-state index contributed by atoms with van der Waals surface area (Å²) in [6.45, 7) is 4.60. The van der Waals surface area contributed by atoms with Gasteiger partial charge in [-0.1, -0.05) is 13.0 Å². The van der Waals surface area contributed by atoms with Gasteiger partial charge in [-0.2, -0.15) is 0 Å². The number of hydrogen-bond donors (Lipinski definition) is 3. The number of carbonyl (C=O) groups is 1. The highest BCUT2D eigenvalue weighted by atomic mass is 32.2. The fourth-order valence-corrected chi connectivity index (χ4v) is 2.98. The van der Waals surface area contributed by atoms with E-state index in [1.54, 1.807) is 0 Å². The zero-order valence-corrected chi connectivity index (χ0v) is 12.0. The van der Waals surface area contributed by atoms with Gasteiger partial charge < -0.3 is 10.6 Å². The van der Waals surface area contributed by atoms with Crippen LogP contribution in [0.15, 0.2) is 28.3 Å². The zero-order valence-electron chi connectivity index (χ0n) is 11.2. The maximum absolute atomic E-state index is 11.9. The second kappa shape index (κ2) is 5.26. The molecule has 104 valence electrons. The Hall–Kier alpha value is -1.86. The summed E-state index contributed by atoms with van der Waals surface area (Å²) in [6.07, 6.45) is 0. The van der Waals surface area contributed by atoms with Crippen LogP contribution in [0.1, 0.15) is 24.4 Å². The van der Waals surface area contributed by atoms with Crippen molar-refractivity contribution in [3.63, 3.8) is 0 Å². The molecule has 1 aliphatic rings. The maximum atomic E-state index is 11.9. The van der Waals surface area contributed by atoms with Crippen LogP contribution in [0.2, 0.25) is 0 Å². The molecule has 0 aliphatic carbocycles. The smallest absolute Gasteiger partial charge is 0.246 e. The Morgan fingerprint density at radius 3 is 3.00 bits per heavy atom. The van der Waals surface area contributed by atoms with Crippen molar-refractivity contribution in [3.05, 3.63) is 29.6 Å². The third-order valence-electron chi connectivity index (χ3n) is 3.05. The molecule has 1 amide bonds. The summed E-state index contributed by atoms with van der Waals surface area (Å²) >= 11 is 1.47. The molecule has 2 aromatic rings. The molecule has 1 aromatic carbocycles. The third-order valence-corrected chi connectivity index (χ3v) is 3.90. The molecule has 0 saturated heterocycles. The van der Waals surface area contributed by atoms with Crippen molar-refractivity contribution in [2.75, 3.05) is 11.9 Å². The Balaban J connectivity index is 1.84. The minimum Gasteiger partial charge on any atom is -0.324 e. The van der Waals surface area contributed by atoms with Gasteiger partial charge in [-0.05, 0) is 37.4 Å². The number of H-pyrrole nitrogens is 1. The Bertz CT molecular complexity index is 654. The molecular weight excluding hydrogens is 274 g/mol. The van der Waals surface area contributed by atoms with Gasteiger partial charge in [0.1, 0.15) is 11.9 Å². The molecule has 1 atom stereocenters. The second-order valence-corrected chi connectivity index (χ2v) is 5.58. The molecule has 6 nitrogen and oxygen atoms in total. The molecule has 3 N–H and O–H groups in total. The van der Waals surface area contributed by atoms with Crippen LogP contribution in [0.25, 0.3) is 0 Å². The van der Waals surface area contributed by atoms with Crippen LogP contribution in [-0.2, 0) is 4.79 Å². The van der Waals surface area contributed by atoms with E-state index in [-0.39, 0.29) is 11.9 Å². The first kappa shape index (κ1) is 13.1. The van der Waals surface area contributed by atoms with Gasteiger partial charge in [-0.25, -0.2) is 4.98 Å². The highest BCUT2D eigenvalue weighted by Crippen LogP contribution is 2.35. The van der Waals surface area contributed by atoms with Gasteiger partial charge in [0.2, 0.25) is 11.1 Å². The van der Waals surface area contributed by atoms with Crippen LogP contribution < -0.4 is 10.6 Å². The molecule has 1 aromatic heterocycles. The molecule has 20 heavy (non-hydrogen) atoms. The first-order chi connectivity index (χ1) is 9.67. The fourth-order valence-electron chi connectivity index (χ4n) is 2.19. The first-order valence-electron chi connectivity index (χ1n) is 6.42. The van der Waals surface area contributed by atoms with Gasteiger partial charge in [0.25, 0.3) is 0 Å². The lowest BCUT2D eigenvalue weighted by molar-refractivity contribution is -0.117. The fraction of sp³-hybridized carbons (Fsp3) is 0.308. The average molecular weight is 289 g/mol. The minimum absolute atomic E-state index is 0.00209. The van der Waals surface area contributed by atoms with E-state index < -0.39 is 0 Å². The van der Waals surface area contributed by atoms with E-state index in [0.717, 1.165) is 28.5 Å². The number of carbonyl (C=O) groups excluding carboxylic acids is 1. The molecule has 0 fully saturated rings. The van der Waals surface area contributed by atoms with Crippen molar-refractivity contribution in [1.29, 1.82) is 0 Å². The predicted molar refractivity (Wildman–Crippen MR) is 76.7 cm³/mol. The van der Waals surface area contributed by atoms with Crippen molar-refractivity contribution >= 4 is 23.4 Å². The van der Waals surface area contributed by atoms with Crippen LogP contribution in [0.3, 0.4) is 0 Å². The van der Waals surface area contributed by atoms with Crippen molar-refractivity contribution in [2.45, 2.75) is 29.9 Å². The number of aryl methyl sites for hydroxylation is 1. The molecule has 2 heterocycles.